The van der Waals surface area contributed by atoms with Crippen LogP contribution in [-0.4, -0.2) is 28.8 Å². The van der Waals surface area contributed by atoms with Crippen molar-refractivity contribution in [3.8, 4) is 5.75 Å². The number of ether oxygens (including phenoxy) is 2. The van der Waals surface area contributed by atoms with E-state index in [-0.39, 0.29) is 12.6 Å². The molecule has 0 heterocycles. The summed E-state index contributed by atoms with van der Waals surface area (Å²) in [5.41, 5.74) is 1.59. The smallest absolute Gasteiger partial charge is 0.333 e. The Morgan fingerprint density at radius 1 is 1.07 bits per heavy atom. The predicted molar refractivity (Wildman–Crippen MR) is 130 cm³/mol. The summed E-state index contributed by atoms with van der Waals surface area (Å²) in [5, 5.41) is 0. The van der Waals surface area contributed by atoms with E-state index in [1.807, 2.05) is 18.2 Å². The summed E-state index contributed by atoms with van der Waals surface area (Å²) >= 11 is 7.73. The van der Waals surface area contributed by atoms with Crippen molar-refractivity contribution in [3.05, 3.63) is 42.0 Å². The summed E-state index contributed by atoms with van der Waals surface area (Å²) in [4.78, 5) is 12.5. The molecule has 1 rings (SSSR count). The zero-order valence-corrected chi connectivity index (χ0v) is 21.3. The molecule has 3 nitrogen and oxygen atoms in total. The van der Waals surface area contributed by atoms with Gasteiger partial charge in [-0.1, -0.05) is 96.2 Å². The van der Waals surface area contributed by atoms with Crippen LogP contribution in [0, 0.1) is 0 Å². The molecule has 0 aromatic heterocycles. The zero-order chi connectivity index (χ0) is 21.6. The number of alkyl halides is 2. The number of carbonyl (C=O) groups excluding carboxylic acids is 1. The summed E-state index contributed by atoms with van der Waals surface area (Å²) < 4.78 is 11.0. The van der Waals surface area contributed by atoms with Crippen LogP contribution in [0.25, 0.3) is 0 Å². The Labute approximate surface area is 193 Å². The van der Waals surface area contributed by atoms with Gasteiger partial charge in [0.25, 0.3) is 0 Å². The van der Waals surface area contributed by atoms with Crippen LogP contribution in [0.3, 0.4) is 0 Å². The van der Waals surface area contributed by atoms with Gasteiger partial charge in [0, 0.05) is 15.2 Å². The quantitative estimate of drug-likeness (QED) is 0.101. The average molecular weight is 532 g/mol. The lowest BCUT2D eigenvalue weighted by Gasteiger charge is -2.21. The van der Waals surface area contributed by atoms with Gasteiger partial charge in [0.05, 0.1) is 0 Å². The number of benzene rings is 1. The molecule has 3 atom stereocenters. The third-order valence-electron chi connectivity index (χ3n) is 4.86. The molecule has 164 valence electrons. The van der Waals surface area contributed by atoms with Gasteiger partial charge in [0.15, 0.2) is 0 Å². The van der Waals surface area contributed by atoms with Gasteiger partial charge in [-0.05, 0) is 43.7 Å². The molecule has 0 bridgehead atoms. The molecular formula is C24H36Br2O3. The Balaban J connectivity index is 2.47. The van der Waals surface area contributed by atoms with Gasteiger partial charge in [0.2, 0.25) is 0 Å². The van der Waals surface area contributed by atoms with E-state index in [1.165, 1.54) is 37.7 Å². The second kappa shape index (κ2) is 15.1. The molecule has 0 fully saturated rings. The van der Waals surface area contributed by atoms with E-state index in [0.29, 0.717) is 27.8 Å². The molecule has 0 amide bonds. The summed E-state index contributed by atoms with van der Waals surface area (Å²) in [6.45, 7) is 10.3. The van der Waals surface area contributed by atoms with Crippen LogP contribution in [0.15, 0.2) is 36.4 Å². The number of rotatable bonds is 15. The standard InChI is InChI=1S/C24H36Br2O3/c1-5-6-7-8-11-20(25)17-21(26)16-19(4)22-12-9-10-13-23(22)28-14-15-29-24(27)18(2)3/h9-10,12-13,19-21H,2,5-8,11,14-17H2,1,3-4H3. The average Bonchev–Trinajstić information content (AvgIpc) is 2.68. The lowest BCUT2D eigenvalue weighted by atomic mass is 9.93. The van der Waals surface area contributed by atoms with Crippen LogP contribution in [0.2, 0.25) is 0 Å². The summed E-state index contributed by atoms with van der Waals surface area (Å²) in [6.07, 6.45) is 8.64. The Morgan fingerprint density at radius 2 is 1.79 bits per heavy atom. The lowest BCUT2D eigenvalue weighted by molar-refractivity contribution is -0.139. The maximum absolute atomic E-state index is 11.5. The number of para-hydroxylation sites is 1. The second-order valence-electron chi connectivity index (χ2n) is 7.72. The molecule has 29 heavy (non-hydrogen) atoms. The Morgan fingerprint density at radius 3 is 2.48 bits per heavy atom. The van der Waals surface area contributed by atoms with E-state index < -0.39 is 0 Å². The summed E-state index contributed by atoms with van der Waals surface area (Å²) in [7, 11) is 0. The molecular weight excluding hydrogens is 496 g/mol. The SMILES string of the molecule is C=C(C)C(=O)OCCOc1ccccc1C(C)CC(Br)CC(Br)CCCCCC. The van der Waals surface area contributed by atoms with Crippen LogP contribution in [0.1, 0.15) is 77.2 Å². The van der Waals surface area contributed by atoms with Crippen LogP contribution in [0.5, 0.6) is 5.75 Å². The molecule has 0 aliphatic rings. The van der Waals surface area contributed by atoms with Crippen molar-refractivity contribution in [2.24, 2.45) is 0 Å². The number of esters is 1. The predicted octanol–water partition coefficient (Wildman–Crippen LogP) is 7.57. The van der Waals surface area contributed by atoms with Crippen LogP contribution < -0.4 is 4.74 Å². The largest absolute Gasteiger partial charge is 0.490 e. The molecule has 0 radical (unpaired) electrons. The van der Waals surface area contributed by atoms with Crippen LogP contribution in [0.4, 0.5) is 0 Å². The minimum absolute atomic E-state index is 0.221. The monoisotopic (exact) mass is 530 g/mol. The molecule has 0 aliphatic heterocycles. The zero-order valence-electron chi connectivity index (χ0n) is 18.1. The van der Waals surface area contributed by atoms with Crippen molar-refractivity contribution in [2.45, 2.75) is 81.3 Å². The van der Waals surface area contributed by atoms with E-state index in [9.17, 15) is 4.79 Å². The van der Waals surface area contributed by atoms with Crippen molar-refractivity contribution < 1.29 is 14.3 Å². The van der Waals surface area contributed by atoms with Crippen LogP contribution >= 0.6 is 31.9 Å². The fourth-order valence-electron chi connectivity index (χ4n) is 3.22. The first-order valence-electron chi connectivity index (χ1n) is 10.7. The highest BCUT2D eigenvalue weighted by Gasteiger charge is 2.18. The Bertz CT molecular complexity index is 618. The Kier molecular flexibility index (Phi) is 13.6. The van der Waals surface area contributed by atoms with Gasteiger partial charge in [0.1, 0.15) is 19.0 Å². The molecule has 1 aromatic carbocycles. The number of carbonyl (C=O) groups is 1. The normalized spacial score (nSPS) is 14.1. The molecule has 0 spiro atoms. The highest BCUT2D eigenvalue weighted by atomic mass is 79.9. The first-order valence-corrected chi connectivity index (χ1v) is 12.5. The van der Waals surface area contributed by atoms with Gasteiger partial charge in [-0.15, -0.1) is 0 Å². The molecule has 1 aromatic rings. The fourth-order valence-corrected chi connectivity index (χ4v) is 5.51. The second-order valence-corrected chi connectivity index (χ2v) is 10.3. The van der Waals surface area contributed by atoms with Gasteiger partial charge in [-0.25, -0.2) is 4.79 Å². The topological polar surface area (TPSA) is 35.5 Å². The molecule has 0 aliphatic carbocycles. The number of hydrogen-bond donors (Lipinski definition) is 0. The molecule has 3 unspecified atom stereocenters. The maximum Gasteiger partial charge on any atom is 0.333 e. The minimum Gasteiger partial charge on any atom is -0.490 e. The van der Waals surface area contributed by atoms with Crippen LogP contribution in [-0.2, 0) is 9.53 Å². The van der Waals surface area contributed by atoms with Gasteiger partial charge in [-0.3, -0.25) is 0 Å². The first-order chi connectivity index (χ1) is 13.8. The van der Waals surface area contributed by atoms with E-state index in [4.69, 9.17) is 9.47 Å². The molecule has 0 saturated carbocycles. The summed E-state index contributed by atoms with van der Waals surface area (Å²) in [5.74, 6) is 0.853. The van der Waals surface area contributed by atoms with E-state index in [1.54, 1.807) is 6.92 Å². The molecule has 0 N–H and O–H groups in total. The maximum atomic E-state index is 11.5. The third-order valence-corrected chi connectivity index (χ3v) is 6.44. The number of unbranched alkanes of at least 4 members (excludes halogenated alkanes) is 3. The number of hydrogen-bond acceptors (Lipinski definition) is 3. The van der Waals surface area contributed by atoms with Gasteiger partial charge in [-0.2, -0.15) is 0 Å². The Hall–Kier alpha value is -0.810. The fraction of sp³-hybridized carbons (Fsp3) is 0.625. The summed E-state index contributed by atoms with van der Waals surface area (Å²) in [6, 6.07) is 8.12. The lowest BCUT2D eigenvalue weighted by Crippen LogP contribution is -2.14. The minimum atomic E-state index is -0.378. The van der Waals surface area contributed by atoms with E-state index >= 15 is 0 Å². The molecule has 0 saturated heterocycles. The van der Waals surface area contributed by atoms with Crippen molar-refractivity contribution in [1.29, 1.82) is 0 Å². The van der Waals surface area contributed by atoms with E-state index in [2.05, 4.69) is 58.4 Å². The molecule has 5 heteroatoms. The first kappa shape index (κ1) is 26.2. The van der Waals surface area contributed by atoms with Crippen molar-refractivity contribution in [2.75, 3.05) is 13.2 Å². The highest BCUT2D eigenvalue weighted by molar-refractivity contribution is 9.10. The third kappa shape index (κ3) is 11.2. The van der Waals surface area contributed by atoms with E-state index in [0.717, 1.165) is 18.6 Å². The van der Waals surface area contributed by atoms with Gasteiger partial charge < -0.3 is 9.47 Å². The highest BCUT2D eigenvalue weighted by Crippen LogP contribution is 2.33. The van der Waals surface area contributed by atoms with Gasteiger partial charge >= 0.3 is 5.97 Å². The number of halogens is 2. The van der Waals surface area contributed by atoms with Crippen molar-refractivity contribution >= 4 is 37.8 Å². The van der Waals surface area contributed by atoms with Crippen molar-refractivity contribution in [3.63, 3.8) is 0 Å². The van der Waals surface area contributed by atoms with Crippen molar-refractivity contribution in [1.82, 2.24) is 0 Å².